The number of carbonyl (C=O) groups excluding carboxylic acids is 2. The second kappa shape index (κ2) is 5.25. The Morgan fingerprint density at radius 3 is 2.64 bits per heavy atom. The number of para-hydroxylation sites is 1. The van der Waals surface area contributed by atoms with E-state index in [0.717, 1.165) is 5.69 Å². The minimum absolute atomic E-state index is 0.0202. The highest BCUT2D eigenvalue weighted by atomic mass is 32.2. The van der Waals surface area contributed by atoms with E-state index in [4.69, 9.17) is 4.55 Å². The lowest BCUT2D eigenvalue weighted by molar-refractivity contribution is -0.151. The van der Waals surface area contributed by atoms with Crippen LogP contribution in [0.1, 0.15) is 6.42 Å². The molecule has 0 aliphatic carbocycles. The number of hydrogen-bond donors (Lipinski definition) is 2. The van der Waals surface area contributed by atoms with E-state index in [-0.39, 0.29) is 12.5 Å². The van der Waals surface area contributed by atoms with Crippen molar-refractivity contribution < 1.29 is 22.6 Å². The van der Waals surface area contributed by atoms with Gasteiger partial charge in [0.1, 0.15) is 6.04 Å². The van der Waals surface area contributed by atoms with E-state index in [1.165, 1.54) is 4.90 Å². The molecule has 2 unspecified atom stereocenters. The van der Waals surface area contributed by atoms with Crippen molar-refractivity contribution in [2.24, 2.45) is 0 Å². The van der Waals surface area contributed by atoms with Crippen molar-refractivity contribution >= 4 is 27.8 Å². The molecule has 0 radical (unpaired) electrons. The highest BCUT2D eigenvalue weighted by Gasteiger charge is 2.59. The quantitative estimate of drug-likeness (QED) is 0.582. The Labute approximate surface area is 127 Å². The second-order valence-electron chi connectivity index (χ2n) is 5.22. The Bertz CT molecular complexity index is 706. The van der Waals surface area contributed by atoms with Gasteiger partial charge in [-0.15, -0.1) is 0 Å². The van der Waals surface area contributed by atoms with E-state index in [1.807, 2.05) is 30.3 Å². The largest absolute Gasteiger partial charge is 0.376 e. The lowest BCUT2D eigenvalue weighted by Gasteiger charge is -2.42. The monoisotopic (exact) mass is 325 g/mol. The topological polar surface area (TPSA) is 107 Å². The number of nitrogens with zero attached hydrogens (tertiary/aromatic N) is 2. The highest BCUT2D eigenvalue weighted by molar-refractivity contribution is 7.84. The summed E-state index contributed by atoms with van der Waals surface area (Å²) >= 11 is 0. The van der Waals surface area contributed by atoms with Crippen LogP contribution in [0.3, 0.4) is 0 Å². The van der Waals surface area contributed by atoms with Crippen LogP contribution in [-0.2, 0) is 19.9 Å². The Hall–Kier alpha value is -2.13. The molecule has 2 aliphatic heterocycles. The zero-order valence-corrected chi connectivity index (χ0v) is 12.4. The summed E-state index contributed by atoms with van der Waals surface area (Å²) in [6, 6.07) is 7.71. The van der Waals surface area contributed by atoms with Crippen molar-refractivity contribution in [2.45, 2.75) is 18.5 Å². The van der Waals surface area contributed by atoms with Crippen molar-refractivity contribution in [3.05, 3.63) is 30.3 Å². The number of carbonyl (C=O) groups is 2. The second-order valence-corrected chi connectivity index (χ2v) is 6.51. The van der Waals surface area contributed by atoms with E-state index in [1.54, 1.807) is 0 Å². The number of likely N-dealkylation sites (tertiary alicyclic amines) is 1. The molecule has 2 fully saturated rings. The first-order valence-corrected chi connectivity index (χ1v) is 8.18. The molecule has 8 nitrogen and oxygen atoms in total. The van der Waals surface area contributed by atoms with E-state index >= 15 is 0 Å². The predicted octanol–water partition coefficient (Wildman–Crippen LogP) is -0.287. The summed E-state index contributed by atoms with van der Waals surface area (Å²) in [5, 5.41) is 2.95. The number of amides is 2. The summed E-state index contributed by atoms with van der Waals surface area (Å²) in [7, 11) is -4.54. The molecule has 2 heterocycles. The molecule has 0 bridgehead atoms. The van der Waals surface area contributed by atoms with Gasteiger partial charge in [-0.05, 0) is 18.6 Å². The molecule has 2 saturated heterocycles. The molecule has 22 heavy (non-hydrogen) atoms. The van der Waals surface area contributed by atoms with Gasteiger partial charge >= 0.3 is 10.3 Å². The summed E-state index contributed by atoms with van der Waals surface area (Å²) in [6.07, 6.45) is 0.341. The van der Waals surface area contributed by atoms with E-state index in [2.05, 4.69) is 5.32 Å². The van der Waals surface area contributed by atoms with Gasteiger partial charge in [-0.25, -0.2) is 4.31 Å². The number of benzene rings is 1. The average Bonchev–Trinajstić information content (AvgIpc) is 2.83. The molecule has 2 atom stereocenters. The first-order valence-electron chi connectivity index (χ1n) is 6.78. The summed E-state index contributed by atoms with van der Waals surface area (Å²) in [5.74, 6) is -1.03. The standard InChI is InChI=1S/C13H15N3O5S/c17-11(8-14-9-4-2-1-3-5-9)15-7-6-10-12(15)13(18)16(10)22(19,20)21/h1-5,10,12,14H,6-8H2,(H,19,20,21). The minimum Gasteiger partial charge on any atom is -0.376 e. The third-order valence-corrected chi connectivity index (χ3v) is 4.87. The van der Waals surface area contributed by atoms with Crippen LogP contribution >= 0.6 is 0 Å². The van der Waals surface area contributed by atoms with Crippen molar-refractivity contribution in [2.75, 3.05) is 18.4 Å². The molecule has 1 aromatic rings. The van der Waals surface area contributed by atoms with Crippen molar-refractivity contribution in [1.82, 2.24) is 9.21 Å². The molecule has 2 amide bonds. The third-order valence-electron chi connectivity index (χ3n) is 3.92. The third kappa shape index (κ3) is 2.42. The van der Waals surface area contributed by atoms with Crippen LogP contribution < -0.4 is 5.32 Å². The van der Waals surface area contributed by atoms with Crippen molar-refractivity contribution in [1.29, 1.82) is 0 Å². The lowest BCUT2D eigenvalue weighted by Crippen LogP contribution is -2.68. The van der Waals surface area contributed by atoms with Crippen LogP contribution in [0.25, 0.3) is 0 Å². The lowest BCUT2D eigenvalue weighted by atomic mass is 10.0. The minimum atomic E-state index is -4.54. The fraction of sp³-hybridized carbons (Fsp3) is 0.385. The zero-order chi connectivity index (χ0) is 15.9. The van der Waals surface area contributed by atoms with Crippen LogP contribution in [0, 0.1) is 0 Å². The van der Waals surface area contributed by atoms with E-state index < -0.39 is 28.3 Å². The molecule has 2 aliphatic rings. The molecular weight excluding hydrogens is 310 g/mol. The number of hydrogen-bond acceptors (Lipinski definition) is 5. The summed E-state index contributed by atoms with van der Waals surface area (Å²) in [6.45, 7) is 0.314. The zero-order valence-electron chi connectivity index (χ0n) is 11.5. The van der Waals surface area contributed by atoms with Gasteiger partial charge in [-0.2, -0.15) is 8.42 Å². The molecule has 0 saturated carbocycles. The smallest absolute Gasteiger partial charge is 0.362 e. The highest BCUT2D eigenvalue weighted by Crippen LogP contribution is 2.35. The predicted molar refractivity (Wildman–Crippen MR) is 77.2 cm³/mol. The van der Waals surface area contributed by atoms with Crippen molar-refractivity contribution in [3.63, 3.8) is 0 Å². The van der Waals surface area contributed by atoms with E-state index in [0.29, 0.717) is 17.3 Å². The number of fused-ring (bicyclic) bond motifs is 1. The van der Waals surface area contributed by atoms with Crippen LogP contribution in [0.5, 0.6) is 0 Å². The van der Waals surface area contributed by atoms with Gasteiger partial charge < -0.3 is 10.2 Å². The molecule has 3 rings (SSSR count). The SMILES string of the molecule is O=C(CNc1ccccc1)N1CCC2C1C(=O)N2S(=O)(=O)O. The Balaban J connectivity index is 1.63. The van der Waals surface area contributed by atoms with Crippen molar-refractivity contribution in [3.8, 4) is 0 Å². The molecule has 9 heteroatoms. The number of anilines is 1. The average molecular weight is 325 g/mol. The summed E-state index contributed by atoms with van der Waals surface area (Å²) < 4.78 is 31.6. The maximum atomic E-state index is 12.2. The van der Waals surface area contributed by atoms with E-state index in [9.17, 15) is 18.0 Å². The normalized spacial score (nSPS) is 24.0. The van der Waals surface area contributed by atoms with Gasteiger partial charge in [-0.3, -0.25) is 14.1 Å². The first-order chi connectivity index (χ1) is 10.4. The summed E-state index contributed by atoms with van der Waals surface area (Å²) in [4.78, 5) is 25.4. The molecule has 0 aromatic heterocycles. The summed E-state index contributed by atoms with van der Waals surface area (Å²) in [5.41, 5.74) is 0.783. The number of nitrogens with one attached hydrogen (secondary N) is 1. The molecule has 2 N–H and O–H groups in total. The number of β-lactam (4-membered cyclic amide) rings is 1. The molecule has 1 aromatic carbocycles. The Morgan fingerprint density at radius 2 is 2.00 bits per heavy atom. The van der Waals surface area contributed by atoms with Gasteiger partial charge in [0.2, 0.25) is 5.91 Å². The fourth-order valence-electron chi connectivity index (χ4n) is 2.93. The Kier molecular flexibility index (Phi) is 3.53. The maximum absolute atomic E-state index is 12.2. The van der Waals surface area contributed by atoms with Crippen LogP contribution in [0.2, 0.25) is 0 Å². The van der Waals surface area contributed by atoms with Gasteiger partial charge in [-0.1, -0.05) is 18.2 Å². The van der Waals surface area contributed by atoms with Gasteiger partial charge in [0.15, 0.2) is 0 Å². The van der Waals surface area contributed by atoms with Crippen LogP contribution in [0.4, 0.5) is 5.69 Å². The van der Waals surface area contributed by atoms with Crippen LogP contribution in [0.15, 0.2) is 30.3 Å². The number of rotatable bonds is 4. The first kappa shape index (κ1) is 14.8. The van der Waals surface area contributed by atoms with Gasteiger partial charge in [0.05, 0.1) is 12.6 Å². The van der Waals surface area contributed by atoms with Gasteiger partial charge in [0, 0.05) is 12.2 Å². The Morgan fingerprint density at radius 1 is 1.32 bits per heavy atom. The fourth-order valence-corrected chi connectivity index (χ4v) is 3.83. The molecular formula is C13H15N3O5S. The molecule has 118 valence electrons. The maximum Gasteiger partial charge on any atom is 0.362 e. The van der Waals surface area contributed by atoms with Gasteiger partial charge in [0.25, 0.3) is 5.91 Å². The molecule has 0 spiro atoms. The van der Waals surface area contributed by atoms with Crippen LogP contribution in [-0.4, -0.2) is 59.2 Å².